The number of halogens is 1. The summed E-state index contributed by atoms with van der Waals surface area (Å²) in [6.07, 6.45) is 0.911. The summed E-state index contributed by atoms with van der Waals surface area (Å²) in [5.74, 6) is 0.469. The molecular weight excluding hydrogens is 231 g/mol. The van der Waals surface area contributed by atoms with E-state index in [1.807, 2.05) is 4.90 Å². The molecule has 2 unspecified atom stereocenters. The van der Waals surface area contributed by atoms with Gasteiger partial charge < -0.3 is 10.2 Å². The third-order valence-corrected chi connectivity index (χ3v) is 3.83. The molecule has 96 valence electrons. The Morgan fingerprint density at radius 3 is 2.56 bits per heavy atom. The zero-order valence-electron chi connectivity index (χ0n) is 10.2. The number of rotatable bonds is 2. The molecule has 2 aliphatic rings. The van der Waals surface area contributed by atoms with Crippen LogP contribution in [0.15, 0.2) is 24.3 Å². The molecule has 4 heteroatoms. The smallest absolute Gasteiger partial charge is 0.226 e. The van der Waals surface area contributed by atoms with Crippen molar-refractivity contribution < 1.29 is 9.18 Å². The van der Waals surface area contributed by atoms with Crippen molar-refractivity contribution in [2.75, 3.05) is 26.2 Å². The Morgan fingerprint density at radius 2 is 1.89 bits per heavy atom. The van der Waals surface area contributed by atoms with Gasteiger partial charge in [0.25, 0.3) is 0 Å². The van der Waals surface area contributed by atoms with Crippen molar-refractivity contribution >= 4 is 5.91 Å². The lowest BCUT2D eigenvalue weighted by Crippen LogP contribution is -2.47. The number of hydrogen-bond acceptors (Lipinski definition) is 2. The predicted molar refractivity (Wildman–Crippen MR) is 66.7 cm³/mol. The summed E-state index contributed by atoms with van der Waals surface area (Å²) < 4.78 is 12.8. The van der Waals surface area contributed by atoms with Crippen LogP contribution in [0.3, 0.4) is 0 Å². The maximum absolute atomic E-state index is 12.8. The SMILES string of the molecule is O=C(C1CC1c1ccc(F)cc1)N1CCNCC1. The lowest BCUT2D eigenvalue weighted by atomic mass is 10.1. The van der Waals surface area contributed by atoms with Gasteiger partial charge in [0.15, 0.2) is 0 Å². The zero-order valence-corrected chi connectivity index (χ0v) is 10.2. The van der Waals surface area contributed by atoms with Crippen molar-refractivity contribution in [3.05, 3.63) is 35.6 Å². The molecule has 1 heterocycles. The Balaban J connectivity index is 1.63. The molecule has 1 aromatic carbocycles. The fourth-order valence-electron chi connectivity index (χ4n) is 2.67. The molecule has 1 aliphatic heterocycles. The lowest BCUT2D eigenvalue weighted by molar-refractivity contribution is -0.133. The molecule has 1 aliphatic carbocycles. The highest BCUT2D eigenvalue weighted by Crippen LogP contribution is 2.48. The number of nitrogens with one attached hydrogen (secondary N) is 1. The van der Waals surface area contributed by atoms with E-state index in [-0.39, 0.29) is 17.6 Å². The fourth-order valence-corrected chi connectivity index (χ4v) is 2.67. The molecule has 2 fully saturated rings. The molecular formula is C14H17FN2O. The minimum atomic E-state index is -0.218. The second-order valence-electron chi connectivity index (χ2n) is 5.08. The minimum absolute atomic E-state index is 0.119. The molecule has 2 atom stereocenters. The third kappa shape index (κ3) is 2.25. The molecule has 3 nitrogen and oxygen atoms in total. The van der Waals surface area contributed by atoms with E-state index in [9.17, 15) is 9.18 Å². The average molecular weight is 248 g/mol. The summed E-state index contributed by atoms with van der Waals surface area (Å²) >= 11 is 0. The molecule has 1 saturated carbocycles. The number of piperazine rings is 1. The first-order valence-electron chi connectivity index (χ1n) is 6.50. The Bertz CT molecular complexity index is 440. The van der Waals surface area contributed by atoms with Gasteiger partial charge in [-0.1, -0.05) is 12.1 Å². The molecule has 1 aromatic rings. The summed E-state index contributed by atoms with van der Waals surface area (Å²) in [6.45, 7) is 3.40. The van der Waals surface area contributed by atoms with Crippen molar-refractivity contribution in [2.24, 2.45) is 5.92 Å². The van der Waals surface area contributed by atoms with Gasteiger partial charge in [0.05, 0.1) is 0 Å². The Hall–Kier alpha value is -1.42. The largest absolute Gasteiger partial charge is 0.340 e. The highest BCUT2D eigenvalue weighted by Gasteiger charge is 2.45. The van der Waals surface area contributed by atoms with Gasteiger partial charge in [-0.05, 0) is 30.0 Å². The van der Waals surface area contributed by atoms with Crippen LogP contribution in [0.1, 0.15) is 17.9 Å². The first kappa shape index (κ1) is 11.7. The fraction of sp³-hybridized carbons (Fsp3) is 0.500. The summed E-state index contributed by atoms with van der Waals surface area (Å²) in [6, 6.07) is 6.54. The standard InChI is InChI=1S/C14H17FN2O/c15-11-3-1-10(2-4-11)12-9-13(12)14(18)17-7-5-16-6-8-17/h1-4,12-13,16H,5-9H2. The van der Waals surface area contributed by atoms with Crippen LogP contribution in [0.2, 0.25) is 0 Å². The number of benzene rings is 1. The predicted octanol–water partition coefficient (Wildman–Crippen LogP) is 1.36. The second-order valence-corrected chi connectivity index (χ2v) is 5.08. The first-order chi connectivity index (χ1) is 8.75. The second kappa shape index (κ2) is 4.69. The molecule has 18 heavy (non-hydrogen) atoms. The van der Waals surface area contributed by atoms with Gasteiger partial charge in [0.2, 0.25) is 5.91 Å². The van der Waals surface area contributed by atoms with Gasteiger partial charge >= 0.3 is 0 Å². The molecule has 1 N–H and O–H groups in total. The number of carbonyl (C=O) groups is 1. The van der Waals surface area contributed by atoms with Gasteiger partial charge in [0.1, 0.15) is 5.82 Å². The quantitative estimate of drug-likeness (QED) is 0.857. The normalized spacial score (nSPS) is 27.1. The van der Waals surface area contributed by atoms with Crippen molar-refractivity contribution in [3.63, 3.8) is 0 Å². The van der Waals surface area contributed by atoms with Gasteiger partial charge in [-0.2, -0.15) is 0 Å². The first-order valence-corrected chi connectivity index (χ1v) is 6.50. The van der Waals surface area contributed by atoms with Crippen LogP contribution >= 0.6 is 0 Å². The van der Waals surface area contributed by atoms with Crippen LogP contribution in [-0.2, 0) is 4.79 Å². The van der Waals surface area contributed by atoms with Gasteiger partial charge in [-0.3, -0.25) is 4.79 Å². The third-order valence-electron chi connectivity index (χ3n) is 3.83. The number of nitrogens with zero attached hydrogens (tertiary/aromatic N) is 1. The molecule has 3 rings (SSSR count). The highest BCUT2D eigenvalue weighted by atomic mass is 19.1. The molecule has 0 aromatic heterocycles. The average Bonchev–Trinajstić information content (AvgIpc) is 3.20. The van der Waals surface area contributed by atoms with Crippen molar-refractivity contribution in [3.8, 4) is 0 Å². The van der Waals surface area contributed by atoms with Crippen LogP contribution in [0, 0.1) is 11.7 Å². The van der Waals surface area contributed by atoms with E-state index < -0.39 is 0 Å². The molecule has 1 amide bonds. The Morgan fingerprint density at radius 1 is 1.22 bits per heavy atom. The maximum atomic E-state index is 12.8. The molecule has 0 spiro atoms. The maximum Gasteiger partial charge on any atom is 0.226 e. The van der Waals surface area contributed by atoms with Crippen LogP contribution in [0.5, 0.6) is 0 Å². The van der Waals surface area contributed by atoms with E-state index in [0.717, 1.165) is 38.2 Å². The van der Waals surface area contributed by atoms with Crippen molar-refractivity contribution in [1.29, 1.82) is 0 Å². The topological polar surface area (TPSA) is 32.3 Å². The number of carbonyl (C=O) groups excluding carboxylic acids is 1. The summed E-state index contributed by atoms with van der Waals surface area (Å²) in [4.78, 5) is 14.2. The summed E-state index contributed by atoms with van der Waals surface area (Å²) in [5.41, 5.74) is 1.09. The summed E-state index contributed by atoms with van der Waals surface area (Å²) in [5, 5.41) is 3.24. The zero-order chi connectivity index (χ0) is 12.5. The Labute approximate surface area is 106 Å². The van der Waals surface area contributed by atoms with E-state index >= 15 is 0 Å². The van der Waals surface area contributed by atoms with Gasteiger partial charge in [-0.15, -0.1) is 0 Å². The number of hydrogen-bond donors (Lipinski definition) is 1. The molecule has 0 bridgehead atoms. The van der Waals surface area contributed by atoms with E-state index in [1.165, 1.54) is 12.1 Å². The molecule has 1 saturated heterocycles. The van der Waals surface area contributed by atoms with Crippen molar-refractivity contribution in [1.82, 2.24) is 10.2 Å². The lowest BCUT2D eigenvalue weighted by Gasteiger charge is -2.27. The minimum Gasteiger partial charge on any atom is -0.340 e. The summed E-state index contributed by atoms with van der Waals surface area (Å²) in [7, 11) is 0. The van der Waals surface area contributed by atoms with Crippen LogP contribution in [0.4, 0.5) is 4.39 Å². The van der Waals surface area contributed by atoms with E-state index in [2.05, 4.69) is 5.32 Å². The van der Waals surface area contributed by atoms with Crippen LogP contribution in [-0.4, -0.2) is 37.0 Å². The Kier molecular flexibility index (Phi) is 3.04. The van der Waals surface area contributed by atoms with Crippen LogP contribution in [0.25, 0.3) is 0 Å². The van der Waals surface area contributed by atoms with Gasteiger partial charge in [0, 0.05) is 32.1 Å². The van der Waals surface area contributed by atoms with Crippen molar-refractivity contribution in [2.45, 2.75) is 12.3 Å². The van der Waals surface area contributed by atoms with E-state index in [1.54, 1.807) is 12.1 Å². The monoisotopic (exact) mass is 248 g/mol. The number of amides is 1. The molecule has 0 radical (unpaired) electrons. The highest BCUT2D eigenvalue weighted by molar-refractivity contribution is 5.83. The van der Waals surface area contributed by atoms with Gasteiger partial charge in [-0.25, -0.2) is 4.39 Å². The van der Waals surface area contributed by atoms with E-state index in [0.29, 0.717) is 5.92 Å². The van der Waals surface area contributed by atoms with E-state index in [4.69, 9.17) is 0 Å². The van der Waals surface area contributed by atoms with Crippen LogP contribution < -0.4 is 5.32 Å².